The summed E-state index contributed by atoms with van der Waals surface area (Å²) in [4.78, 5) is 4.40. The van der Waals surface area contributed by atoms with Gasteiger partial charge in [0.2, 0.25) is 0 Å². The first-order chi connectivity index (χ1) is 13.0. The number of rotatable bonds is 1. The molecular weight excluding hydrogens is 294 g/mol. The van der Waals surface area contributed by atoms with Crippen molar-refractivity contribution in [3.05, 3.63) is 78.5 Å². The quantitative estimate of drug-likeness (QED) is 0.373. The summed E-state index contributed by atoms with van der Waals surface area (Å²) in [6.07, 6.45) is 1.54. The Hall–Kier alpha value is -3.13. The van der Waals surface area contributed by atoms with Crippen LogP contribution in [0.2, 0.25) is 0 Å². The number of aromatic nitrogens is 1. The summed E-state index contributed by atoms with van der Waals surface area (Å²) in [6.45, 7) is -2.17. The van der Waals surface area contributed by atoms with Crippen LogP contribution in [-0.4, -0.2) is 4.98 Å². The van der Waals surface area contributed by atoms with Crippen LogP contribution >= 0.6 is 0 Å². The summed E-state index contributed by atoms with van der Waals surface area (Å²) in [5, 5.41) is 4.35. The number of nitrogens with zero attached hydrogens (tertiary/aromatic N) is 1. The van der Waals surface area contributed by atoms with E-state index in [1.165, 1.54) is 12.3 Å². The second-order valence-corrected chi connectivity index (χ2v) is 5.87. The number of pyridine rings is 1. The molecule has 2 heterocycles. The van der Waals surface area contributed by atoms with Crippen LogP contribution in [0.1, 0.15) is 9.68 Å². The molecule has 0 saturated carbocycles. The van der Waals surface area contributed by atoms with Gasteiger partial charge in [0.1, 0.15) is 11.2 Å². The molecule has 0 atom stereocenters. The molecule has 0 unspecified atom stereocenters. The molecule has 0 amide bonds. The van der Waals surface area contributed by atoms with E-state index >= 15 is 0 Å². The van der Waals surface area contributed by atoms with Crippen LogP contribution in [0.3, 0.4) is 0 Å². The summed E-state index contributed by atoms with van der Waals surface area (Å²) in [5.74, 6) is 0. The van der Waals surface area contributed by atoms with Gasteiger partial charge in [0.05, 0.1) is 5.69 Å². The molecule has 0 aliphatic rings. The van der Waals surface area contributed by atoms with Gasteiger partial charge in [0, 0.05) is 26.6 Å². The first-order valence-electron chi connectivity index (χ1n) is 9.32. The average Bonchev–Trinajstić information content (AvgIpc) is 3.06. The Kier molecular flexibility index (Phi) is 2.18. The zero-order valence-electron chi connectivity index (χ0n) is 15.8. The van der Waals surface area contributed by atoms with Crippen LogP contribution < -0.4 is 0 Å². The molecule has 0 fully saturated rings. The van der Waals surface area contributed by atoms with Gasteiger partial charge in [-0.05, 0) is 47.5 Å². The number of furan rings is 1. The van der Waals surface area contributed by atoms with Gasteiger partial charge in [-0.25, -0.2) is 0 Å². The van der Waals surface area contributed by atoms with Crippen molar-refractivity contribution >= 4 is 32.7 Å². The van der Waals surface area contributed by atoms with Gasteiger partial charge in [-0.3, -0.25) is 4.98 Å². The lowest BCUT2D eigenvalue weighted by Crippen LogP contribution is -1.84. The van der Waals surface area contributed by atoms with Gasteiger partial charge < -0.3 is 4.42 Å². The summed E-state index contributed by atoms with van der Waals surface area (Å²) < 4.78 is 29.2. The van der Waals surface area contributed by atoms with Gasteiger partial charge >= 0.3 is 0 Å². The Morgan fingerprint density at radius 3 is 2.79 bits per heavy atom. The monoisotopic (exact) mass is 312 g/mol. The summed E-state index contributed by atoms with van der Waals surface area (Å²) in [6, 6.07) is 21.3. The molecule has 2 nitrogen and oxygen atoms in total. The lowest BCUT2D eigenvalue weighted by atomic mass is 10.0. The fourth-order valence-electron chi connectivity index (χ4n) is 3.35. The second kappa shape index (κ2) is 4.93. The number of benzene rings is 3. The van der Waals surface area contributed by atoms with Crippen molar-refractivity contribution in [3.8, 4) is 11.3 Å². The largest absolute Gasteiger partial charge is 0.455 e. The third-order valence-electron chi connectivity index (χ3n) is 4.42. The molecule has 0 spiro atoms. The van der Waals surface area contributed by atoms with E-state index in [1.54, 1.807) is 6.07 Å². The predicted molar refractivity (Wildman–Crippen MR) is 99.2 cm³/mol. The number of aryl methyl sites for hydroxylation is 1. The fourth-order valence-corrected chi connectivity index (χ4v) is 3.35. The lowest BCUT2D eigenvalue weighted by Gasteiger charge is -2.03. The maximum Gasteiger partial charge on any atom is 0.144 e. The molecule has 24 heavy (non-hydrogen) atoms. The van der Waals surface area contributed by atoms with E-state index in [4.69, 9.17) is 8.53 Å². The molecule has 2 heteroatoms. The molecular formula is C22H15NO. The zero-order valence-corrected chi connectivity index (χ0v) is 12.8. The average molecular weight is 312 g/mol. The van der Waals surface area contributed by atoms with E-state index in [0.29, 0.717) is 5.69 Å². The van der Waals surface area contributed by atoms with Crippen molar-refractivity contribution in [2.75, 3.05) is 0 Å². The summed E-state index contributed by atoms with van der Waals surface area (Å²) in [7, 11) is 0. The van der Waals surface area contributed by atoms with Crippen molar-refractivity contribution in [2.24, 2.45) is 0 Å². The molecule has 0 N–H and O–H groups in total. The van der Waals surface area contributed by atoms with Crippen molar-refractivity contribution in [1.29, 1.82) is 0 Å². The maximum atomic E-state index is 7.66. The van der Waals surface area contributed by atoms with Gasteiger partial charge in [-0.2, -0.15) is 0 Å². The fraction of sp³-hybridized carbons (Fsp3) is 0.0455. The minimum Gasteiger partial charge on any atom is -0.455 e. The van der Waals surface area contributed by atoms with Crippen molar-refractivity contribution in [1.82, 2.24) is 4.98 Å². The molecule has 0 radical (unpaired) electrons. The number of fused-ring (bicyclic) bond motifs is 5. The molecule has 0 aliphatic heterocycles. The van der Waals surface area contributed by atoms with Gasteiger partial charge in [0.25, 0.3) is 0 Å². The van der Waals surface area contributed by atoms with Gasteiger partial charge in [0.15, 0.2) is 0 Å². The first kappa shape index (κ1) is 10.6. The highest BCUT2D eigenvalue weighted by atomic mass is 16.3. The van der Waals surface area contributed by atoms with Crippen LogP contribution in [0.5, 0.6) is 0 Å². The molecule has 2 aromatic heterocycles. The smallest absolute Gasteiger partial charge is 0.144 e. The minimum atomic E-state index is -2.17. The molecule has 0 bridgehead atoms. The Morgan fingerprint density at radius 2 is 1.83 bits per heavy atom. The highest BCUT2D eigenvalue weighted by Gasteiger charge is 2.14. The Bertz CT molecular complexity index is 1320. The lowest BCUT2D eigenvalue weighted by molar-refractivity contribution is 0.670. The van der Waals surface area contributed by atoms with E-state index in [0.717, 1.165) is 38.3 Å². The third-order valence-corrected chi connectivity index (χ3v) is 4.42. The minimum absolute atomic E-state index is 0.270. The molecule has 114 valence electrons. The summed E-state index contributed by atoms with van der Waals surface area (Å²) in [5.41, 5.74) is 3.18. The zero-order chi connectivity index (χ0) is 18.6. The maximum absolute atomic E-state index is 7.66. The van der Waals surface area contributed by atoms with E-state index in [2.05, 4.69) is 17.1 Å². The van der Waals surface area contributed by atoms with E-state index in [-0.39, 0.29) is 5.56 Å². The molecule has 0 saturated heterocycles. The molecule has 5 rings (SSSR count). The topological polar surface area (TPSA) is 26.0 Å². The van der Waals surface area contributed by atoms with Crippen LogP contribution in [-0.2, 0) is 0 Å². The van der Waals surface area contributed by atoms with Crippen molar-refractivity contribution in [3.63, 3.8) is 0 Å². The van der Waals surface area contributed by atoms with Gasteiger partial charge in [-0.1, -0.05) is 42.5 Å². The first-order valence-corrected chi connectivity index (χ1v) is 7.82. The normalized spacial score (nSPS) is 13.9. The van der Waals surface area contributed by atoms with E-state index in [1.807, 2.05) is 42.5 Å². The van der Waals surface area contributed by atoms with Crippen LogP contribution in [0.15, 0.2) is 77.3 Å². The molecule has 5 aromatic rings. The number of hydrogen-bond acceptors (Lipinski definition) is 2. The summed E-state index contributed by atoms with van der Waals surface area (Å²) >= 11 is 0. The Morgan fingerprint density at radius 1 is 0.917 bits per heavy atom. The SMILES string of the molecule is [2H]C([2H])([2H])c1ccnc(-c2cccc3c2oc2ccc4ccccc4c23)c1. The van der Waals surface area contributed by atoms with Crippen molar-refractivity contribution in [2.45, 2.75) is 6.85 Å². The standard InChI is InChI=1S/C22H15NO/c1-14-11-12-23-19(13-14)17-7-4-8-18-21-16-6-3-2-5-15(16)9-10-20(21)24-22(17)18/h2-13H,1H3/i1D3. The van der Waals surface area contributed by atoms with Crippen molar-refractivity contribution < 1.29 is 8.53 Å². The number of hydrogen-bond donors (Lipinski definition) is 0. The third kappa shape index (κ3) is 1.86. The molecule has 0 aliphatic carbocycles. The molecule has 3 aromatic carbocycles. The highest BCUT2D eigenvalue weighted by Crippen LogP contribution is 2.38. The Labute approximate surface area is 143 Å². The number of para-hydroxylation sites is 1. The van der Waals surface area contributed by atoms with E-state index in [9.17, 15) is 0 Å². The predicted octanol–water partition coefficient (Wildman–Crippen LogP) is 6.11. The Balaban J connectivity index is 1.84. The van der Waals surface area contributed by atoms with E-state index < -0.39 is 6.85 Å². The van der Waals surface area contributed by atoms with Gasteiger partial charge in [-0.15, -0.1) is 0 Å². The van der Waals surface area contributed by atoms with Crippen LogP contribution in [0.25, 0.3) is 44.0 Å². The second-order valence-electron chi connectivity index (χ2n) is 5.87. The van der Waals surface area contributed by atoms with Crippen LogP contribution in [0, 0.1) is 6.85 Å². The highest BCUT2D eigenvalue weighted by molar-refractivity contribution is 6.20. The van der Waals surface area contributed by atoms with Crippen LogP contribution in [0.4, 0.5) is 0 Å².